The van der Waals surface area contributed by atoms with Gasteiger partial charge in [-0.25, -0.2) is 19.3 Å². The van der Waals surface area contributed by atoms with Crippen molar-refractivity contribution in [2.45, 2.75) is 83.1 Å². The zero-order valence-corrected chi connectivity index (χ0v) is 27.7. The van der Waals surface area contributed by atoms with Crippen LogP contribution in [0, 0.1) is 47.4 Å². The molecule has 0 saturated carbocycles. The summed E-state index contributed by atoms with van der Waals surface area (Å²) in [5.41, 5.74) is 15.7. The maximum Gasteiger partial charge on any atom is 0.173 e. The fourth-order valence-electron chi connectivity index (χ4n) is 3.98. The molecule has 0 bridgehead atoms. The van der Waals surface area contributed by atoms with Crippen LogP contribution in [-0.4, -0.2) is 33.5 Å². The maximum atomic E-state index is 13.4. The fourth-order valence-corrected chi connectivity index (χ4v) is 3.98. The van der Waals surface area contributed by atoms with Gasteiger partial charge in [0.25, 0.3) is 0 Å². The largest absolute Gasteiger partial charge is 0.396 e. The molecule has 0 fully saturated rings. The number of fused-ring (bicyclic) bond motifs is 3. The van der Waals surface area contributed by atoms with Crippen molar-refractivity contribution in [3.8, 4) is 0 Å². The first kappa shape index (κ1) is 35.8. The van der Waals surface area contributed by atoms with Crippen molar-refractivity contribution in [3.05, 3.63) is 88.8 Å². The van der Waals surface area contributed by atoms with Gasteiger partial charge in [0.2, 0.25) is 0 Å². The first-order chi connectivity index (χ1) is 20.0. The lowest BCUT2D eigenvalue weighted by Crippen LogP contribution is -1.93. The third-order valence-electron chi connectivity index (χ3n) is 5.74. The molecule has 0 radical (unpaired) electrons. The highest BCUT2D eigenvalue weighted by atomic mass is 19.1. The lowest BCUT2D eigenvalue weighted by Gasteiger charge is -1.99. The summed E-state index contributed by atoms with van der Waals surface area (Å²) in [5, 5.41) is 4.21. The van der Waals surface area contributed by atoms with Crippen molar-refractivity contribution in [2.75, 3.05) is 5.73 Å². The quantitative estimate of drug-likeness (QED) is 0.196. The Morgan fingerprint density at radius 3 is 1.93 bits per heavy atom. The van der Waals surface area contributed by atoms with E-state index in [4.69, 9.17) is 5.73 Å². The molecule has 0 aromatic carbocycles. The van der Waals surface area contributed by atoms with Gasteiger partial charge in [0.05, 0.1) is 23.3 Å². The molecule has 0 aliphatic rings. The Labute approximate surface area is 250 Å². The number of nitrogen functional groups attached to an aromatic ring is 1. The van der Waals surface area contributed by atoms with E-state index in [9.17, 15) is 4.39 Å². The molecule has 0 aliphatic heterocycles. The Hall–Kier alpha value is -4.27. The Balaban J connectivity index is 0.000000289. The van der Waals surface area contributed by atoms with E-state index in [-0.39, 0.29) is 5.82 Å². The molecule has 6 heterocycles. The molecule has 0 amide bonds. The van der Waals surface area contributed by atoms with Crippen LogP contribution in [0.5, 0.6) is 0 Å². The summed E-state index contributed by atoms with van der Waals surface area (Å²) in [6.45, 7) is 23.7. The summed E-state index contributed by atoms with van der Waals surface area (Å²) >= 11 is 0. The lowest BCUT2D eigenvalue weighted by molar-refractivity contribution is 0.628. The highest BCUT2D eigenvalue weighted by Crippen LogP contribution is 2.16. The number of anilines is 1. The zero-order valence-electron chi connectivity index (χ0n) is 27.7. The minimum atomic E-state index is -0.254. The van der Waals surface area contributed by atoms with Crippen molar-refractivity contribution in [1.29, 1.82) is 0 Å². The predicted molar refractivity (Wildman–Crippen MR) is 176 cm³/mol. The van der Waals surface area contributed by atoms with Crippen LogP contribution in [0.25, 0.3) is 22.3 Å². The smallest absolute Gasteiger partial charge is 0.173 e. The molecular formula is C33H49FN8. The minimum Gasteiger partial charge on any atom is -0.396 e. The molecule has 0 saturated heterocycles. The molecule has 0 aliphatic carbocycles. The Bertz CT molecular complexity index is 1690. The van der Waals surface area contributed by atoms with Gasteiger partial charge in [-0.15, -0.1) is 0 Å². The number of rotatable bonds is 0. The number of hydrogen-bond donors (Lipinski definition) is 1. The molecule has 2 N–H and O–H groups in total. The first-order valence-electron chi connectivity index (χ1n) is 14.6. The molecule has 228 valence electrons. The standard InChI is InChI=1S/C10H11FN2.C9H11N3.C8H9N3.3C2H6/c1-6-4-9(11)10-12-7(2)8(3)13(10)5-6;1-6-3-8(10)9-11-7(2)5-12(9)4-6;1-6-3-4-7-8(9-6)5-11(2)10-7;3*1-2/h4-5H,1-3H3;3-5H,10H2,1-2H3;3-5H,1-2H3;3*1-2H3. The molecule has 6 aromatic rings. The van der Waals surface area contributed by atoms with Crippen molar-refractivity contribution in [1.82, 2.24) is 33.5 Å². The number of hydrogen-bond acceptors (Lipinski definition) is 5. The molecular weight excluding hydrogens is 527 g/mol. The van der Waals surface area contributed by atoms with Crippen LogP contribution < -0.4 is 5.73 Å². The number of imidazole rings is 2. The van der Waals surface area contributed by atoms with Gasteiger partial charge < -0.3 is 14.5 Å². The molecule has 6 rings (SSSR count). The number of aryl methyl sites for hydroxylation is 7. The van der Waals surface area contributed by atoms with Crippen LogP contribution in [0.15, 0.2) is 49.1 Å². The Morgan fingerprint density at radius 2 is 1.29 bits per heavy atom. The molecule has 42 heavy (non-hydrogen) atoms. The molecule has 0 atom stereocenters. The minimum absolute atomic E-state index is 0.254. The Morgan fingerprint density at radius 1 is 0.667 bits per heavy atom. The van der Waals surface area contributed by atoms with Gasteiger partial charge in [-0.3, -0.25) is 4.68 Å². The summed E-state index contributed by atoms with van der Waals surface area (Å²) in [6.07, 6.45) is 7.81. The van der Waals surface area contributed by atoms with Crippen molar-refractivity contribution < 1.29 is 4.39 Å². The van der Waals surface area contributed by atoms with Gasteiger partial charge in [0, 0.05) is 37.0 Å². The van der Waals surface area contributed by atoms with Crippen LogP contribution in [0.3, 0.4) is 0 Å². The molecule has 0 spiro atoms. The highest BCUT2D eigenvalue weighted by molar-refractivity contribution is 5.73. The summed E-state index contributed by atoms with van der Waals surface area (Å²) < 4.78 is 18.9. The SMILES string of the molecule is CC.CC.CC.Cc1cc(F)c2nc(C)c(C)n2c1.Cc1cc(N)c2nc(C)cn2c1.Cc1ccc2nn(C)cc2n1. The topological polar surface area (TPSA) is 91.3 Å². The second-order valence-corrected chi connectivity index (χ2v) is 9.09. The van der Waals surface area contributed by atoms with E-state index in [0.717, 1.165) is 56.3 Å². The van der Waals surface area contributed by atoms with Gasteiger partial charge in [-0.05, 0) is 76.9 Å². The second-order valence-electron chi connectivity index (χ2n) is 9.09. The molecule has 0 unspecified atom stereocenters. The molecule has 9 heteroatoms. The highest BCUT2D eigenvalue weighted by Gasteiger charge is 2.08. The van der Waals surface area contributed by atoms with E-state index in [1.54, 1.807) is 9.08 Å². The van der Waals surface area contributed by atoms with Gasteiger partial charge in [-0.1, -0.05) is 41.5 Å². The van der Waals surface area contributed by atoms with E-state index in [1.165, 1.54) is 6.07 Å². The van der Waals surface area contributed by atoms with E-state index >= 15 is 0 Å². The van der Waals surface area contributed by atoms with Crippen LogP contribution in [0.2, 0.25) is 0 Å². The predicted octanol–water partition coefficient (Wildman–Crippen LogP) is 8.29. The van der Waals surface area contributed by atoms with Crippen LogP contribution in [0.1, 0.15) is 75.4 Å². The van der Waals surface area contributed by atoms with Gasteiger partial charge in [-0.2, -0.15) is 5.10 Å². The van der Waals surface area contributed by atoms with Gasteiger partial charge in [0.1, 0.15) is 11.0 Å². The van der Waals surface area contributed by atoms with Crippen LogP contribution in [-0.2, 0) is 7.05 Å². The van der Waals surface area contributed by atoms with E-state index in [2.05, 4.69) is 20.1 Å². The van der Waals surface area contributed by atoms with Crippen LogP contribution >= 0.6 is 0 Å². The first-order valence-corrected chi connectivity index (χ1v) is 14.6. The number of halogens is 1. The van der Waals surface area contributed by atoms with E-state index in [1.807, 2.05) is 138 Å². The summed E-state index contributed by atoms with van der Waals surface area (Å²) in [7, 11) is 1.90. The van der Waals surface area contributed by atoms with Crippen molar-refractivity contribution in [2.24, 2.45) is 7.05 Å². The van der Waals surface area contributed by atoms with Crippen molar-refractivity contribution in [3.63, 3.8) is 0 Å². The zero-order chi connectivity index (χ0) is 32.1. The van der Waals surface area contributed by atoms with Gasteiger partial charge >= 0.3 is 0 Å². The summed E-state index contributed by atoms with van der Waals surface area (Å²) in [4.78, 5) is 12.7. The number of aromatic nitrogens is 7. The maximum absolute atomic E-state index is 13.4. The fraction of sp³-hybridized carbons (Fsp3) is 0.394. The van der Waals surface area contributed by atoms with E-state index in [0.29, 0.717) is 5.65 Å². The number of pyridine rings is 3. The number of nitrogens with zero attached hydrogens (tertiary/aromatic N) is 7. The third kappa shape index (κ3) is 9.12. The van der Waals surface area contributed by atoms with Crippen molar-refractivity contribution >= 4 is 28.0 Å². The molecule has 8 nitrogen and oxygen atoms in total. The lowest BCUT2D eigenvalue weighted by atomic mass is 10.3. The normalized spacial score (nSPS) is 9.76. The summed E-state index contributed by atoms with van der Waals surface area (Å²) in [5.74, 6) is -0.254. The number of nitrogens with two attached hydrogens (primary N) is 1. The van der Waals surface area contributed by atoms with Crippen LogP contribution in [0.4, 0.5) is 10.1 Å². The average molecular weight is 577 g/mol. The van der Waals surface area contributed by atoms with E-state index < -0.39 is 0 Å². The average Bonchev–Trinajstić information content (AvgIpc) is 3.62. The second kappa shape index (κ2) is 16.9. The molecule has 6 aromatic heterocycles. The third-order valence-corrected chi connectivity index (χ3v) is 5.74. The van der Waals surface area contributed by atoms with Gasteiger partial charge in [0.15, 0.2) is 17.1 Å². The summed E-state index contributed by atoms with van der Waals surface area (Å²) in [6, 6.07) is 7.38. The Kier molecular flexibility index (Phi) is 14.4. The monoisotopic (exact) mass is 576 g/mol.